The van der Waals surface area contributed by atoms with Crippen molar-refractivity contribution in [2.45, 2.75) is 415 Å². The highest BCUT2D eigenvalue weighted by Crippen LogP contribution is 2.30. The van der Waals surface area contributed by atoms with Crippen LogP contribution in [0.2, 0.25) is 0 Å². The fraction of sp³-hybridized carbons (Fsp3) is 0.800. The van der Waals surface area contributed by atoms with E-state index < -0.39 is 86.8 Å². The number of unbranched alkanes of at least 4 members (excludes halogenated alkanes) is 41. The Morgan fingerprint density at radius 1 is 0.374 bits per heavy atom. The maximum atomic E-state index is 13.4. The summed E-state index contributed by atoms with van der Waals surface area (Å²) in [6.07, 6.45) is 80.5. The highest BCUT2D eigenvalue weighted by atomic mass is 16.7. The van der Waals surface area contributed by atoms with Gasteiger partial charge in [-0.15, -0.1) is 0 Å². The van der Waals surface area contributed by atoms with Crippen molar-refractivity contribution in [2.24, 2.45) is 0 Å². The van der Waals surface area contributed by atoms with Gasteiger partial charge in [-0.2, -0.15) is 0 Å². The molecule has 14 heteroatoms. The first-order valence-corrected chi connectivity index (χ1v) is 41.0. The summed E-state index contributed by atoms with van der Waals surface area (Å²) in [6, 6.07) is -0.920. The highest BCUT2D eigenvalue weighted by molar-refractivity contribution is 5.76. The Morgan fingerprint density at radius 3 is 1.07 bits per heavy atom. The Labute approximate surface area is 604 Å². The predicted octanol–water partition coefficient (Wildman–Crippen LogP) is 18.9. The number of aliphatic hydroxyl groups excluding tert-OH is 8. The second-order valence-corrected chi connectivity index (χ2v) is 28.5. The minimum Gasteiger partial charge on any atom is -0.394 e. The van der Waals surface area contributed by atoms with Crippen molar-refractivity contribution < 1.29 is 64.6 Å². The Bertz CT molecular complexity index is 2040. The molecule has 2 saturated heterocycles. The molecule has 2 aliphatic rings. The summed E-state index contributed by atoms with van der Waals surface area (Å²) < 4.78 is 22.9. The third-order valence-corrected chi connectivity index (χ3v) is 19.5. The van der Waals surface area contributed by atoms with Gasteiger partial charge < -0.3 is 65.1 Å². The van der Waals surface area contributed by atoms with E-state index in [-0.39, 0.29) is 18.9 Å². The molecule has 574 valence electrons. The number of amides is 1. The van der Waals surface area contributed by atoms with E-state index in [0.717, 1.165) is 83.5 Å². The number of carbonyl (C=O) groups excluding carboxylic acids is 1. The van der Waals surface area contributed by atoms with Crippen LogP contribution in [0.1, 0.15) is 341 Å². The van der Waals surface area contributed by atoms with Crippen molar-refractivity contribution in [3.63, 3.8) is 0 Å². The van der Waals surface area contributed by atoms with Crippen LogP contribution in [0.25, 0.3) is 0 Å². The molecular formula is C85H151NO13. The molecular weight excluding hydrogens is 1240 g/mol. The third-order valence-electron chi connectivity index (χ3n) is 19.5. The fourth-order valence-electron chi connectivity index (χ4n) is 13.1. The second kappa shape index (κ2) is 68.0. The van der Waals surface area contributed by atoms with E-state index in [2.05, 4.69) is 104 Å². The largest absolute Gasteiger partial charge is 0.394 e. The SMILES string of the molecule is CC/C=C\C/C=C\C/C=C\C/C=C\C/C=C\C/C=C\C/C=C\CCCCCCCCCCCCCCCCCCCC(=O)NC(COC1OC(CO)C(OC2OC(CO)C(O)C(O)C2O)C(O)C1O)C(O)/C=C/CCCCCCCCCCCCCCCCCCCCCCCCCC. The average Bonchev–Trinajstić information content (AvgIpc) is 0.794. The van der Waals surface area contributed by atoms with Crippen molar-refractivity contribution in [1.82, 2.24) is 5.32 Å². The maximum absolute atomic E-state index is 13.4. The zero-order valence-corrected chi connectivity index (χ0v) is 63.0. The van der Waals surface area contributed by atoms with Crippen molar-refractivity contribution in [1.29, 1.82) is 0 Å². The summed E-state index contributed by atoms with van der Waals surface area (Å²) >= 11 is 0. The van der Waals surface area contributed by atoms with E-state index >= 15 is 0 Å². The molecule has 2 rings (SSSR count). The van der Waals surface area contributed by atoms with E-state index in [4.69, 9.17) is 18.9 Å². The van der Waals surface area contributed by atoms with Gasteiger partial charge in [0.2, 0.25) is 5.91 Å². The molecule has 0 aliphatic carbocycles. The molecule has 12 atom stereocenters. The Morgan fingerprint density at radius 2 is 0.697 bits per heavy atom. The van der Waals surface area contributed by atoms with Gasteiger partial charge in [0, 0.05) is 6.42 Å². The van der Waals surface area contributed by atoms with Gasteiger partial charge in [-0.1, -0.05) is 355 Å². The first kappa shape index (κ1) is 92.0. The summed E-state index contributed by atoms with van der Waals surface area (Å²) in [4.78, 5) is 13.4. The molecule has 2 aliphatic heterocycles. The smallest absolute Gasteiger partial charge is 0.220 e. The van der Waals surface area contributed by atoms with Gasteiger partial charge in [-0.25, -0.2) is 0 Å². The maximum Gasteiger partial charge on any atom is 0.220 e. The number of hydrogen-bond acceptors (Lipinski definition) is 13. The average molecular weight is 1400 g/mol. The van der Waals surface area contributed by atoms with Crippen molar-refractivity contribution in [2.75, 3.05) is 19.8 Å². The van der Waals surface area contributed by atoms with E-state index in [1.807, 2.05) is 6.08 Å². The van der Waals surface area contributed by atoms with Gasteiger partial charge in [-0.05, 0) is 77.0 Å². The van der Waals surface area contributed by atoms with Crippen LogP contribution in [-0.4, -0.2) is 140 Å². The lowest BCUT2D eigenvalue weighted by molar-refractivity contribution is -0.359. The summed E-state index contributed by atoms with van der Waals surface area (Å²) in [5.74, 6) is -0.236. The summed E-state index contributed by atoms with van der Waals surface area (Å²) in [5, 5.41) is 87.7. The molecule has 2 fully saturated rings. The first-order valence-electron chi connectivity index (χ1n) is 41.0. The molecule has 99 heavy (non-hydrogen) atoms. The zero-order chi connectivity index (χ0) is 71.5. The van der Waals surface area contributed by atoms with Gasteiger partial charge in [0.05, 0.1) is 32.0 Å². The Hall–Kier alpha value is -3.09. The molecule has 1 amide bonds. The van der Waals surface area contributed by atoms with E-state index in [1.165, 1.54) is 231 Å². The molecule has 9 N–H and O–H groups in total. The minimum atomic E-state index is -1.79. The van der Waals surface area contributed by atoms with Crippen LogP contribution < -0.4 is 5.32 Å². The number of ether oxygens (including phenoxy) is 4. The number of hydrogen-bond donors (Lipinski definition) is 9. The van der Waals surface area contributed by atoms with Crippen LogP contribution >= 0.6 is 0 Å². The molecule has 0 aromatic carbocycles. The number of nitrogens with one attached hydrogen (secondary N) is 1. The van der Waals surface area contributed by atoms with Gasteiger partial charge in [0.25, 0.3) is 0 Å². The van der Waals surface area contributed by atoms with Crippen LogP contribution in [0, 0.1) is 0 Å². The number of allylic oxidation sites excluding steroid dienone is 15. The lowest BCUT2D eigenvalue weighted by atomic mass is 9.97. The van der Waals surface area contributed by atoms with E-state index in [0.29, 0.717) is 6.42 Å². The van der Waals surface area contributed by atoms with Crippen molar-refractivity contribution in [3.05, 3.63) is 97.2 Å². The van der Waals surface area contributed by atoms with Gasteiger partial charge in [0.15, 0.2) is 12.6 Å². The second-order valence-electron chi connectivity index (χ2n) is 28.5. The van der Waals surface area contributed by atoms with Crippen LogP contribution in [0.3, 0.4) is 0 Å². The first-order chi connectivity index (χ1) is 48.6. The van der Waals surface area contributed by atoms with Crippen LogP contribution in [0.4, 0.5) is 0 Å². The zero-order valence-electron chi connectivity index (χ0n) is 63.0. The van der Waals surface area contributed by atoms with E-state index in [1.54, 1.807) is 6.08 Å². The minimum absolute atomic E-state index is 0.236. The summed E-state index contributed by atoms with van der Waals surface area (Å²) in [6.45, 7) is 2.73. The molecule has 0 spiro atoms. The topological polar surface area (TPSA) is 228 Å². The number of carbonyl (C=O) groups is 1. The van der Waals surface area contributed by atoms with E-state index in [9.17, 15) is 45.6 Å². The number of rotatable bonds is 68. The quantitative estimate of drug-likeness (QED) is 0.0204. The summed E-state index contributed by atoms with van der Waals surface area (Å²) in [5.41, 5.74) is 0. The molecule has 14 nitrogen and oxygen atoms in total. The monoisotopic (exact) mass is 1390 g/mol. The van der Waals surface area contributed by atoms with Gasteiger partial charge >= 0.3 is 0 Å². The van der Waals surface area contributed by atoms with Crippen molar-refractivity contribution in [3.8, 4) is 0 Å². The molecule has 2 heterocycles. The Balaban J connectivity index is 1.60. The lowest BCUT2D eigenvalue weighted by Gasteiger charge is -2.46. The summed E-state index contributed by atoms with van der Waals surface area (Å²) in [7, 11) is 0. The molecule has 0 bridgehead atoms. The van der Waals surface area contributed by atoms with Gasteiger partial charge in [-0.3, -0.25) is 4.79 Å². The normalized spacial score (nSPS) is 22.4. The van der Waals surface area contributed by atoms with Crippen LogP contribution in [0.5, 0.6) is 0 Å². The lowest BCUT2D eigenvalue weighted by Crippen LogP contribution is -2.65. The van der Waals surface area contributed by atoms with Gasteiger partial charge in [0.1, 0.15) is 48.8 Å². The fourth-order valence-corrected chi connectivity index (χ4v) is 13.1. The highest BCUT2D eigenvalue weighted by Gasteiger charge is 2.51. The third kappa shape index (κ3) is 50.9. The van der Waals surface area contributed by atoms with Crippen LogP contribution in [-0.2, 0) is 23.7 Å². The molecule has 0 saturated carbocycles. The predicted molar refractivity (Wildman–Crippen MR) is 410 cm³/mol. The number of aliphatic hydroxyl groups is 8. The molecule has 12 unspecified atom stereocenters. The van der Waals surface area contributed by atoms with Crippen LogP contribution in [0.15, 0.2) is 97.2 Å². The molecule has 0 aromatic heterocycles. The molecule has 0 radical (unpaired) electrons. The molecule has 0 aromatic rings. The van der Waals surface area contributed by atoms with Crippen molar-refractivity contribution >= 4 is 5.91 Å². The Kier molecular flexibility index (Phi) is 63.2. The standard InChI is InChI=1S/C85H151NO13/c1-3-5-7-9-11-13-15-17-19-21-23-25-27-29-31-32-33-34-35-36-37-38-39-40-41-42-43-45-47-49-51-53-55-57-59-61-63-65-67-69-77(90)86-73(72-96-84-82(95)80(93)83(76(71-88)98-84)99-85-81(94)79(92)78(91)75(70-87)97-85)74(89)68-66-64-62-60-58-56-54-52-50-48-46-44-30-28-26-24-22-20-18-16-14-12-10-8-6-4-2/h5,7,11,13,17,19,23,25,29,31,33-34,36-37,66,68,73-76,78-85,87-89,91-95H,3-4,6,8-10,12,14-16,18,20-22,24,26-28,30,32,35,38-65,67,69-72H2,1-2H3,(H,86,90)/b7-5-,13-11-,19-17-,25-23-,31-29-,34-33-,37-36-,68-66+.